The van der Waals surface area contributed by atoms with Crippen molar-refractivity contribution in [3.8, 4) is 11.4 Å². The molecule has 1 aromatic carbocycles. The van der Waals surface area contributed by atoms with Crippen LogP contribution in [-0.4, -0.2) is 52.4 Å². The molecule has 0 saturated heterocycles. The third kappa shape index (κ3) is 5.13. The van der Waals surface area contributed by atoms with Crippen LogP contribution in [-0.2, 0) is 17.9 Å². The predicted molar refractivity (Wildman–Crippen MR) is 123 cm³/mol. The van der Waals surface area contributed by atoms with Crippen LogP contribution in [0.4, 0.5) is 4.39 Å². The first-order valence-electron chi connectivity index (χ1n) is 10.8. The number of hydrogen-bond acceptors (Lipinski definition) is 4. The van der Waals surface area contributed by atoms with Crippen LogP contribution in [0.3, 0.4) is 0 Å². The molecule has 2 amide bonds. The number of carbonyl (C=O) groups excluding carboxylic acids is 2. The topological polar surface area (TPSA) is 79.3 Å². The SMILES string of the molecule is CCNC(=O)[C@@H](NC(=O)c1nc(-c2ccc(Cl)cc2F)n2c1CN(C)CCC2)C(C)(C)C. The Morgan fingerprint density at radius 3 is 2.62 bits per heavy atom. The Hall–Kier alpha value is -2.45. The smallest absolute Gasteiger partial charge is 0.272 e. The fourth-order valence-electron chi connectivity index (χ4n) is 3.93. The molecule has 0 spiro atoms. The number of aromatic nitrogens is 2. The van der Waals surface area contributed by atoms with E-state index in [0.29, 0.717) is 36.2 Å². The summed E-state index contributed by atoms with van der Waals surface area (Å²) in [5, 5.41) is 5.95. The fourth-order valence-corrected chi connectivity index (χ4v) is 4.09. The summed E-state index contributed by atoms with van der Waals surface area (Å²) in [4.78, 5) is 32.7. The molecule has 0 bridgehead atoms. The third-order valence-electron chi connectivity index (χ3n) is 5.56. The molecule has 2 aromatic rings. The Labute approximate surface area is 193 Å². The summed E-state index contributed by atoms with van der Waals surface area (Å²) >= 11 is 5.93. The highest BCUT2D eigenvalue weighted by Gasteiger charge is 2.35. The molecule has 1 aromatic heterocycles. The number of imidazole rings is 1. The Kier molecular flexibility index (Phi) is 7.25. The highest BCUT2D eigenvalue weighted by molar-refractivity contribution is 6.30. The van der Waals surface area contributed by atoms with Crippen LogP contribution in [0.15, 0.2) is 18.2 Å². The molecular formula is C23H31ClFN5O2. The van der Waals surface area contributed by atoms with E-state index in [1.54, 1.807) is 12.1 Å². The number of amides is 2. The average molecular weight is 464 g/mol. The van der Waals surface area contributed by atoms with Gasteiger partial charge < -0.3 is 20.1 Å². The highest BCUT2D eigenvalue weighted by atomic mass is 35.5. The van der Waals surface area contributed by atoms with Crippen molar-refractivity contribution in [2.24, 2.45) is 5.41 Å². The van der Waals surface area contributed by atoms with Gasteiger partial charge in [-0.1, -0.05) is 32.4 Å². The molecule has 0 fully saturated rings. The summed E-state index contributed by atoms with van der Waals surface area (Å²) in [7, 11) is 1.97. The lowest BCUT2D eigenvalue weighted by molar-refractivity contribution is -0.125. The van der Waals surface area contributed by atoms with Crippen molar-refractivity contribution in [2.75, 3.05) is 20.1 Å². The molecule has 9 heteroatoms. The van der Waals surface area contributed by atoms with Crippen molar-refractivity contribution in [2.45, 2.75) is 53.2 Å². The van der Waals surface area contributed by atoms with Gasteiger partial charge in [0.05, 0.1) is 11.3 Å². The van der Waals surface area contributed by atoms with Crippen LogP contribution in [0.1, 0.15) is 50.3 Å². The maximum absolute atomic E-state index is 14.8. The van der Waals surface area contributed by atoms with Crippen molar-refractivity contribution in [1.82, 2.24) is 25.1 Å². The zero-order chi connectivity index (χ0) is 23.6. The first-order valence-corrected chi connectivity index (χ1v) is 11.2. The number of rotatable bonds is 5. The first kappa shape index (κ1) is 24.2. The number of benzene rings is 1. The second-order valence-electron chi connectivity index (χ2n) is 9.26. The maximum Gasteiger partial charge on any atom is 0.272 e. The third-order valence-corrected chi connectivity index (χ3v) is 5.79. The number of hydrogen-bond donors (Lipinski definition) is 2. The minimum atomic E-state index is -0.744. The number of likely N-dealkylation sites (N-methyl/N-ethyl adjacent to an activating group) is 1. The van der Waals surface area contributed by atoms with E-state index in [1.807, 2.05) is 39.3 Å². The van der Waals surface area contributed by atoms with Crippen molar-refractivity contribution >= 4 is 23.4 Å². The molecule has 7 nitrogen and oxygen atoms in total. The summed E-state index contributed by atoms with van der Waals surface area (Å²) in [6.45, 7) is 9.91. The fraction of sp³-hybridized carbons (Fsp3) is 0.522. The molecule has 2 heterocycles. The van der Waals surface area contributed by atoms with E-state index in [-0.39, 0.29) is 17.2 Å². The minimum absolute atomic E-state index is 0.210. The molecular weight excluding hydrogens is 433 g/mol. The lowest BCUT2D eigenvalue weighted by Gasteiger charge is -2.30. The molecule has 1 aliphatic heterocycles. The van der Waals surface area contributed by atoms with E-state index in [2.05, 4.69) is 20.5 Å². The van der Waals surface area contributed by atoms with E-state index >= 15 is 0 Å². The van der Waals surface area contributed by atoms with Gasteiger partial charge >= 0.3 is 0 Å². The monoisotopic (exact) mass is 463 g/mol. The Morgan fingerprint density at radius 1 is 1.28 bits per heavy atom. The summed E-state index contributed by atoms with van der Waals surface area (Å²) < 4.78 is 16.7. The molecule has 0 saturated carbocycles. The van der Waals surface area contributed by atoms with Gasteiger partial charge in [0.15, 0.2) is 5.69 Å². The molecule has 174 valence electrons. The van der Waals surface area contributed by atoms with Gasteiger partial charge in [0, 0.05) is 24.7 Å². The van der Waals surface area contributed by atoms with Crippen LogP contribution in [0.2, 0.25) is 5.02 Å². The van der Waals surface area contributed by atoms with Crippen molar-refractivity contribution in [3.05, 3.63) is 40.4 Å². The van der Waals surface area contributed by atoms with Crippen LogP contribution in [0.25, 0.3) is 11.4 Å². The minimum Gasteiger partial charge on any atom is -0.355 e. The number of halogens is 2. The summed E-state index contributed by atoms with van der Waals surface area (Å²) in [5.41, 5.74) is 0.695. The van der Waals surface area contributed by atoms with Crippen LogP contribution < -0.4 is 10.6 Å². The lowest BCUT2D eigenvalue weighted by Crippen LogP contribution is -2.53. The molecule has 0 aliphatic carbocycles. The Bertz CT molecular complexity index is 1010. The molecule has 3 rings (SSSR count). The van der Waals surface area contributed by atoms with Crippen molar-refractivity contribution in [3.63, 3.8) is 0 Å². The highest BCUT2D eigenvalue weighted by Crippen LogP contribution is 2.30. The largest absolute Gasteiger partial charge is 0.355 e. The normalized spacial score (nSPS) is 15.6. The first-order chi connectivity index (χ1) is 15.0. The van der Waals surface area contributed by atoms with Gasteiger partial charge in [0.25, 0.3) is 5.91 Å². The van der Waals surface area contributed by atoms with Gasteiger partial charge in [-0.2, -0.15) is 0 Å². The van der Waals surface area contributed by atoms with E-state index in [4.69, 9.17) is 11.6 Å². The molecule has 0 unspecified atom stereocenters. The van der Waals surface area contributed by atoms with E-state index in [0.717, 1.165) is 13.0 Å². The summed E-state index contributed by atoms with van der Waals surface area (Å²) in [5.74, 6) is -0.805. The van der Waals surface area contributed by atoms with Gasteiger partial charge in [0.2, 0.25) is 5.91 Å². The van der Waals surface area contributed by atoms with E-state index in [1.165, 1.54) is 6.07 Å². The molecule has 32 heavy (non-hydrogen) atoms. The summed E-state index contributed by atoms with van der Waals surface area (Å²) in [6, 6.07) is 3.68. The predicted octanol–water partition coefficient (Wildman–Crippen LogP) is 3.46. The molecule has 1 aliphatic rings. The van der Waals surface area contributed by atoms with Gasteiger partial charge in [0.1, 0.15) is 17.7 Å². The number of carbonyl (C=O) groups is 2. The second kappa shape index (κ2) is 9.58. The number of fused-ring (bicyclic) bond motifs is 1. The molecule has 2 N–H and O–H groups in total. The van der Waals surface area contributed by atoms with Crippen LogP contribution >= 0.6 is 11.6 Å². The van der Waals surface area contributed by atoms with Crippen molar-refractivity contribution < 1.29 is 14.0 Å². The average Bonchev–Trinajstić information content (AvgIpc) is 2.91. The van der Waals surface area contributed by atoms with E-state index < -0.39 is 23.2 Å². The maximum atomic E-state index is 14.8. The van der Waals surface area contributed by atoms with Gasteiger partial charge in [-0.25, -0.2) is 9.37 Å². The van der Waals surface area contributed by atoms with Crippen LogP contribution in [0.5, 0.6) is 0 Å². The number of nitrogens with zero attached hydrogens (tertiary/aromatic N) is 3. The number of nitrogens with one attached hydrogen (secondary N) is 2. The second-order valence-corrected chi connectivity index (χ2v) is 9.70. The van der Waals surface area contributed by atoms with Crippen LogP contribution in [0, 0.1) is 11.2 Å². The Morgan fingerprint density at radius 2 is 2.00 bits per heavy atom. The van der Waals surface area contributed by atoms with Crippen molar-refractivity contribution in [1.29, 1.82) is 0 Å². The zero-order valence-corrected chi connectivity index (χ0v) is 20.0. The molecule has 0 radical (unpaired) electrons. The van der Waals surface area contributed by atoms with Gasteiger partial charge in [-0.05, 0) is 50.6 Å². The van der Waals surface area contributed by atoms with E-state index in [9.17, 15) is 14.0 Å². The zero-order valence-electron chi connectivity index (χ0n) is 19.3. The quantitative estimate of drug-likeness (QED) is 0.711. The molecule has 1 atom stereocenters. The summed E-state index contributed by atoms with van der Waals surface area (Å²) in [6.07, 6.45) is 0.840. The van der Waals surface area contributed by atoms with Gasteiger partial charge in [-0.15, -0.1) is 0 Å². The Balaban J connectivity index is 2.06. The van der Waals surface area contributed by atoms with Gasteiger partial charge in [-0.3, -0.25) is 9.59 Å². The lowest BCUT2D eigenvalue weighted by atomic mass is 9.86. The standard InChI is InChI=1S/C23H31ClFN5O2/c1-6-26-22(32)19(23(2,3)4)28-21(31)18-17-13-29(5)10-7-11-30(17)20(27-18)15-9-8-14(24)12-16(15)25/h8-9,12,19H,6-7,10-11,13H2,1-5H3,(H,26,32)(H,28,31)/t19-/m1/s1.